The molecule has 0 N–H and O–H groups in total. The lowest BCUT2D eigenvalue weighted by atomic mass is 10.2. The zero-order valence-corrected chi connectivity index (χ0v) is 19.1. The first-order chi connectivity index (χ1) is 14.5. The van der Waals surface area contributed by atoms with E-state index in [-0.39, 0.29) is 11.6 Å². The van der Waals surface area contributed by atoms with Crippen molar-refractivity contribution in [3.63, 3.8) is 0 Å². The number of anilines is 1. The molecule has 0 aliphatic carbocycles. The number of ether oxygens (including phenoxy) is 2. The molecule has 3 aromatic heterocycles. The molecule has 162 valence electrons. The van der Waals surface area contributed by atoms with Gasteiger partial charge in [0.1, 0.15) is 5.52 Å². The van der Waals surface area contributed by atoms with Crippen molar-refractivity contribution in [1.82, 2.24) is 19.1 Å². The zero-order chi connectivity index (χ0) is 21.4. The van der Waals surface area contributed by atoms with Crippen molar-refractivity contribution >= 4 is 27.5 Å². The minimum absolute atomic E-state index is 0.0432. The molecule has 0 spiro atoms. The number of morpholine rings is 1. The normalized spacial score (nSPS) is 15.8. The summed E-state index contributed by atoms with van der Waals surface area (Å²) in [6.07, 6.45) is 2.90. The summed E-state index contributed by atoms with van der Waals surface area (Å²) < 4.78 is 14.5. The number of aromatic nitrogens is 4. The van der Waals surface area contributed by atoms with Crippen LogP contribution in [-0.2, 0) is 16.5 Å². The van der Waals surface area contributed by atoms with E-state index in [0.29, 0.717) is 31.2 Å². The number of hydrogen-bond acceptors (Lipinski definition) is 7. The highest BCUT2D eigenvalue weighted by atomic mass is 32.1. The molecule has 1 aliphatic heterocycles. The van der Waals surface area contributed by atoms with Crippen molar-refractivity contribution < 1.29 is 9.47 Å². The first kappa shape index (κ1) is 21.0. The summed E-state index contributed by atoms with van der Waals surface area (Å²) in [7, 11) is 3.48. The van der Waals surface area contributed by atoms with E-state index < -0.39 is 0 Å². The molecule has 0 radical (unpaired) electrons. The summed E-state index contributed by atoms with van der Waals surface area (Å²) in [5.74, 6) is 0.669. The molecule has 1 atom stereocenters. The molecule has 0 aromatic carbocycles. The third kappa shape index (κ3) is 3.55. The summed E-state index contributed by atoms with van der Waals surface area (Å²) in [6.45, 7) is 9.73. The second-order valence-corrected chi connectivity index (χ2v) is 8.72. The Bertz CT molecular complexity index is 1110. The van der Waals surface area contributed by atoms with Gasteiger partial charge >= 0.3 is 0 Å². The quantitative estimate of drug-likeness (QED) is 0.597. The van der Waals surface area contributed by atoms with Crippen LogP contribution in [0, 0.1) is 13.8 Å². The number of hydrogen-bond donors (Lipinski definition) is 0. The second kappa shape index (κ2) is 8.49. The summed E-state index contributed by atoms with van der Waals surface area (Å²) in [5, 5.41) is 0.959. The van der Waals surface area contributed by atoms with Gasteiger partial charge in [0.15, 0.2) is 11.0 Å². The minimum Gasteiger partial charge on any atom is -0.383 e. The Morgan fingerprint density at radius 3 is 2.67 bits per heavy atom. The Kier molecular flexibility index (Phi) is 5.95. The molecule has 0 saturated carbocycles. The Balaban J connectivity index is 1.84. The number of fused-ring (bicyclic) bond motifs is 1. The highest BCUT2D eigenvalue weighted by Crippen LogP contribution is 2.34. The van der Waals surface area contributed by atoms with Crippen LogP contribution >= 0.6 is 11.3 Å². The number of aryl methyl sites for hydroxylation is 2. The highest BCUT2D eigenvalue weighted by molar-refractivity contribution is 7.19. The van der Waals surface area contributed by atoms with Crippen LogP contribution in [0.25, 0.3) is 21.7 Å². The van der Waals surface area contributed by atoms with E-state index in [1.165, 1.54) is 0 Å². The van der Waals surface area contributed by atoms with Crippen molar-refractivity contribution in [2.75, 3.05) is 44.9 Å². The molecule has 1 fully saturated rings. The Morgan fingerprint density at radius 1 is 1.27 bits per heavy atom. The number of methoxy groups -OCH3 is 1. The van der Waals surface area contributed by atoms with Crippen LogP contribution in [0.5, 0.6) is 0 Å². The third-order valence-electron chi connectivity index (χ3n) is 5.73. The number of rotatable bonds is 6. The van der Waals surface area contributed by atoms with E-state index in [2.05, 4.69) is 11.8 Å². The van der Waals surface area contributed by atoms with Gasteiger partial charge in [-0.3, -0.25) is 9.36 Å². The molecule has 0 amide bonds. The largest absolute Gasteiger partial charge is 0.383 e. The van der Waals surface area contributed by atoms with Crippen LogP contribution in [-0.4, -0.2) is 59.1 Å². The van der Waals surface area contributed by atoms with Gasteiger partial charge in [0.2, 0.25) is 0 Å². The van der Waals surface area contributed by atoms with Gasteiger partial charge in [0.25, 0.3) is 5.56 Å². The van der Waals surface area contributed by atoms with Gasteiger partial charge < -0.3 is 18.9 Å². The maximum Gasteiger partial charge on any atom is 0.278 e. The van der Waals surface area contributed by atoms with E-state index in [1.54, 1.807) is 30.1 Å². The van der Waals surface area contributed by atoms with Crippen molar-refractivity contribution in [1.29, 1.82) is 0 Å². The van der Waals surface area contributed by atoms with Crippen LogP contribution in [0.4, 0.5) is 5.13 Å². The topological polar surface area (TPSA) is 74.4 Å². The average Bonchev–Trinajstić information content (AvgIpc) is 3.29. The summed E-state index contributed by atoms with van der Waals surface area (Å²) in [6, 6.07) is 0.101. The van der Waals surface area contributed by atoms with Crippen LogP contribution in [0.3, 0.4) is 0 Å². The molecule has 1 aliphatic rings. The van der Waals surface area contributed by atoms with E-state index in [0.717, 1.165) is 46.3 Å². The van der Waals surface area contributed by atoms with Gasteiger partial charge in [-0.15, -0.1) is 0 Å². The monoisotopic (exact) mass is 431 g/mol. The minimum atomic E-state index is -0.0432. The van der Waals surface area contributed by atoms with Gasteiger partial charge in [-0.25, -0.2) is 9.97 Å². The molecule has 30 heavy (non-hydrogen) atoms. The lowest BCUT2D eigenvalue weighted by Crippen LogP contribution is -2.36. The van der Waals surface area contributed by atoms with Gasteiger partial charge in [0.05, 0.1) is 42.0 Å². The Hall–Kier alpha value is -2.23. The van der Waals surface area contributed by atoms with Crippen molar-refractivity contribution in [3.05, 3.63) is 27.8 Å². The smallest absolute Gasteiger partial charge is 0.278 e. The molecular weight excluding hydrogens is 402 g/mol. The lowest BCUT2D eigenvalue weighted by Gasteiger charge is -2.26. The molecule has 1 saturated heterocycles. The molecule has 8 nitrogen and oxygen atoms in total. The van der Waals surface area contributed by atoms with E-state index >= 15 is 0 Å². The molecular formula is C21H29N5O3S. The SMILES string of the molecule is CCC(COC)n1cc(C)c2nc(-c3sc(N4CCOCC4)nc3C)n(C)c(=O)c21. The van der Waals surface area contributed by atoms with E-state index in [4.69, 9.17) is 19.4 Å². The number of nitrogens with zero attached hydrogens (tertiary/aromatic N) is 5. The molecule has 4 rings (SSSR count). The highest BCUT2D eigenvalue weighted by Gasteiger charge is 2.23. The summed E-state index contributed by atoms with van der Waals surface area (Å²) in [5.41, 5.74) is 3.24. The zero-order valence-electron chi connectivity index (χ0n) is 18.3. The molecule has 9 heteroatoms. The summed E-state index contributed by atoms with van der Waals surface area (Å²) in [4.78, 5) is 26.3. The molecule has 0 bridgehead atoms. The van der Waals surface area contributed by atoms with Gasteiger partial charge in [-0.1, -0.05) is 18.3 Å². The predicted octanol–water partition coefficient (Wildman–Crippen LogP) is 2.91. The van der Waals surface area contributed by atoms with E-state index in [1.807, 2.05) is 24.6 Å². The van der Waals surface area contributed by atoms with Gasteiger partial charge in [-0.05, 0) is 25.8 Å². The van der Waals surface area contributed by atoms with Crippen LogP contribution in [0.15, 0.2) is 11.0 Å². The summed E-state index contributed by atoms with van der Waals surface area (Å²) >= 11 is 1.59. The maximum atomic E-state index is 13.4. The molecule has 4 heterocycles. The standard InChI is InChI=1S/C21H29N5O3S/c1-6-15(12-28-5)26-11-13(2)16-17(26)20(27)24(4)19(23-16)18-14(3)22-21(30-18)25-7-9-29-10-8-25/h11,15H,6-10,12H2,1-5H3. The Morgan fingerprint density at radius 2 is 2.00 bits per heavy atom. The fraction of sp³-hybridized carbons (Fsp3) is 0.571. The van der Waals surface area contributed by atoms with Gasteiger partial charge in [-0.2, -0.15) is 0 Å². The second-order valence-electron chi connectivity index (χ2n) is 7.74. The first-order valence-electron chi connectivity index (χ1n) is 10.3. The van der Waals surface area contributed by atoms with Gasteiger partial charge in [0, 0.05) is 33.4 Å². The van der Waals surface area contributed by atoms with Crippen LogP contribution in [0.2, 0.25) is 0 Å². The molecule has 3 aromatic rings. The van der Waals surface area contributed by atoms with Crippen LogP contribution < -0.4 is 10.5 Å². The van der Waals surface area contributed by atoms with Crippen molar-refractivity contribution in [2.45, 2.75) is 33.2 Å². The number of thiazole rings is 1. The Labute approximate surface area is 180 Å². The van der Waals surface area contributed by atoms with Crippen molar-refractivity contribution in [2.24, 2.45) is 7.05 Å². The third-order valence-corrected chi connectivity index (χ3v) is 6.94. The van der Waals surface area contributed by atoms with E-state index in [9.17, 15) is 4.79 Å². The lowest BCUT2D eigenvalue weighted by molar-refractivity contribution is 0.122. The first-order valence-corrected chi connectivity index (χ1v) is 11.2. The fourth-order valence-electron chi connectivity index (χ4n) is 3.99. The molecule has 1 unspecified atom stereocenters. The fourth-order valence-corrected chi connectivity index (χ4v) is 5.13. The predicted molar refractivity (Wildman–Crippen MR) is 120 cm³/mol. The average molecular weight is 432 g/mol. The maximum absolute atomic E-state index is 13.4. The van der Waals surface area contributed by atoms with Crippen molar-refractivity contribution in [3.8, 4) is 10.7 Å². The van der Waals surface area contributed by atoms with Crippen LogP contribution in [0.1, 0.15) is 30.6 Å².